The van der Waals surface area contributed by atoms with Crippen LogP contribution >= 0.6 is 21.6 Å². The number of dihydropyridines is 1. The molecule has 2 fully saturated rings. The second kappa shape index (κ2) is 18.6. The molecule has 1 aromatic heterocycles. The molecule has 66 heavy (non-hydrogen) atoms. The lowest BCUT2D eigenvalue weighted by atomic mass is 9.57. The zero-order chi connectivity index (χ0) is 46.7. The number of allylic oxidation sites excluding steroid dienone is 3. The van der Waals surface area contributed by atoms with Crippen LogP contribution in [0.4, 0.5) is 0 Å². The van der Waals surface area contributed by atoms with Crippen LogP contribution < -0.4 is 26.7 Å². The van der Waals surface area contributed by atoms with Crippen molar-refractivity contribution in [2.24, 2.45) is 35.3 Å². The number of benzene rings is 1. The molecule has 11 unspecified atom stereocenters. The van der Waals surface area contributed by atoms with Crippen LogP contribution in [-0.4, -0.2) is 123 Å². The van der Waals surface area contributed by atoms with Gasteiger partial charge in [-0.2, -0.15) is 0 Å². The SMILES string of the molecule is CC=C(CCO)C(=O)OC1(C)C(CO)C=C2CSSC3CC4C(=O)C=CC5C(C4NC)C3N5C(=O)CC3=C(C=C(N)NC3)C2C12Cc1cc3cc(CC(CO)CCCO)c(=O)oc3cc1O2. The van der Waals surface area contributed by atoms with Crippen molar-refractivity contribution in [2.45, 2.75) is 93.4 Å². The largest absolute Gasteiger partial charge is 0.481 e. The Bertz CT molecular complexity index is 2520. The Balaban J connectivity index is 1.20. The van der Waals surface area contributed by atoms with Crippen LogP contribution in [0.5, 0.6) is 5.75 Å². The first-order chi connectivity index (χ1) is 31.8. The van der Waals surface area contributed by atoms with Gasteiger partial charge in [0.15, 0.2) is 17.0 Å². The van der Waals surface area contributed by atoms with E-state index in [4.69, 9.17) is 19.6 Å². The number of aliphatic hydroxyl groups excluding tert-OH is 4. The van der Waals surface area contributed by atoms with Gasteiger partial charge in [-0.1, -0.05) is 45.4 Å². The van der Waals surface area contributed by atoms with Crippen molar-refractivity contribution in [3.05, 3.63) is 98.2 Å². The number of hydrogen-bond acceptors (Lipinski definition) is 16. The first-order valence-corrected chi connectivity index (χ1v) is 25.4. The number of aliphatic hydroxyl groups is 4. The van der Waals surface area contributed by atoms with Crippen LogP contribution in [0.25, 0.3) is 11.0 Å². The quantitative estimate of drug-likeness (QED) is 0.0533. The molecule has 7 aliphatic rings. The van der Waals surface area contributed by atoms with Crippen molar-refractivity contribution in [1.29, 1.82) is 0 Å². The van der Waals surface area contributed by atoms with Crippen LogP contribution in [0, 0.1) is 29.6 Å². The van der Waals surface area contributed by atoms with E-state index in [-0.39, 0.29) is 116 Å². The van der Waals surface area contributed by atoms with Gasteiger partial charge in [-0.05, 0) is 93.5 Å². The van der Waals surface area contributed by atoms with E-state index < -0.39 is 41.2 Å². The molecule has 11 atom stereocenters. The third-order valence-corrected chi connectivity index (χ3v) is 18.3. The number of nitrogens with two attached hydrogens (primary N) is 1. The molecule has 1 saturated heterocycles. The Morgan fingerprint density at radius 2 is 1.98 bits per heavy atom. The zero-order valence-corrected chi connectivity index (χ0v) is 39.1. The number of carbonyl (C=O) groups is 3. The molecule has 4 aliphatic heterocycles. The number of ether oxygens (including phenoxy) is 2. The van der Waals surface area contributed by atoms with E-state index in [0.29, 0.717) is 47.5 Å². The van der Waals surface area contributed by atoms with Crippen molar-refractivity contribution in [3.8, 4) is 5.75 Å². The number of esters is 1. The van der Waals surface area contributed by atoms with Gasteiger partial charge in [0.1, 0.15) is 11.3 Å². The maximum absolute atomic E-state index is 15.0. The van der Waals surface area contributed by atoms with Crippen LogP contribution in [0.15, 0.2) is 85.9 Å². The normalized spacial score (nSPS) is 33.0. The average Bonchev–Trinajstić information content (AvgIpc) is 3.66. The third-order valence-electron chi connectivity index (χ3n) is 15.5. The van der Waals surface area contributed by atoms with Gasteiger partial charge in [0.25, 0.3) is 0 Å². The molecule has 2 bridgehead atoms. The molecule has 2 aromatic rings. The molecule has 17 heteroatoms. The summed E-state index contributed by atoms with van der Waals surface area (Å²) in [6, 6.07) is 4.97. The molecule has 5 heterocycles. The minimum absolute atomic E-state index is 0.0274. The topological polar surface area (TPSA) is 234 Å². The summed E-state index contributed by atoms with van der Waals surface area (Å²) in [6.07, 6.45) is 11.1. The second-order valence-corrected chi connectivity index (χ2v) is 21.6. The van der Waals surface area contributed by atoms with Crippen molar-refractivity contribution in [3.63, 3.8) is 0 Å². The average molecular weight is 945 g/mol. The summed E-state index contributed by atoms with van der Waals surface area (Å²) in [5, 5.41) is 48.2. The number of ketones is 1. The summed E-state index contributed by atoms with van der Waals surface area (Å²) in [6.45, 7) is 2.85. The predicted octanol–water partition coefficient (Wildman–Crippen LogP) is 2.98. The monoisotopic (exact) mass is 944 g/mol. The van der Waals surface area contributed by atoms with E-state index in [9.17, 15) is 39.6 Å². The van der Waals surface area contributed by atoms with E-state index in [1.807, 2.05) is 36.2 Å². The third kappa shape index (κ3) is 7.75. The van der Waals surface area contributed by atoms with Gasteiger partial charge in [0, 0.05) is 96.6 Å². The summed E-state index contributed by atoms with van der Waals surface area (Å²) in [4.78, 5) is 58.4. The Labute approximate surface area is 391 Å². The zero-order valence-electron chi connectivity index (χ0n) is 37.5. The van der Waals surface area contributed by atoms with Gasteiger partial charge in [-0.15, -0.1) is 0 Å². The standard InChI is InChI=1S/C49H60N4O11S2/c1-4-26(9-11-55)47(61)64-48(2)32(23-57)15-31-24-65-66-39-17-34-36(58)8-7-35-42(44(34)51-3)45(39)53(35)41(59)16-30-21-52-40(50)18-33(30)43(31)49(48)20-29-14-27-13-28(12-25(22-56)6-5-10-54)46(60)62-37(27)19-38(29)63-49/h4,7-8,13-15,18-19,25,32,34-35,39,42-45,51-52,54-57H,5-6,9-12,16-17,20-24,50H2,1-3H3. The maximum atomic E-state index is 15.0. The minimum Gasteiger partial charge on any atom is -0.481 e. The molecule has 1 amide bonds. The fraction of sp³-hybridized carbons (Fsp3) is 0.551. The Kier molecular flexibility index (Phi) is 13.2. The molecule has 9 rings (SSSR count). The lowest BCUT2D eigenvalue weighted by Crippen LogP contribution is -2.75. The van der Waals surface area contributed by atoms with E-state index in [2.05, 4.69) is 10.6 Å². The van der Waals surface area contributed by atoms with Gasteiger partial charge >= 0.3 is 11.6 Å². The molecular formula is C49H60N4O11S2. The number of amides is 1. The lowest BCUT2D eigenvalue weighted by molar-refractivity contribution is -0.202. The Morgan fingerprint density at radius 1 is 1.17 bits per heavy atom. The Morgan fingerprint density at radius 3 is 2.71 bits per heavy atom. The lowest BCUT2D eigenvalue weighted by Gasteiger charge is -2.62. The van der Waals surface area contributed by atoms with Crippen LogP contribution in [0.3, 0.4) is 0 Å². The van der Waals surface area contributed by atoms with Crippen LogP contribution in [0.1, 0.15) is 57.1 Å². The predicted molar refractivity (Wildman–Crippen MR) is 251 cm³/mol. The number of fused-ring (bicyclic) bond motifs is 7. The van der Waals surface area contributed by atoms with Crippen molar-refractivity contribution < 1.29 is 48.7 Å². The fourth-order valence-corrected chi connectivity index (χ4v) is 15.2. The molecule has 1 aromatic carbocycles. The van der Waals surface area contributed by atoms with Crippen LogP contribution in [-0.2, 0) is 32.0 Å². The summed E-state index contributed by atoms with van der Waals surface area (Å²) >= 11 is 0. The van der Waals surface area contributed by atoms with Crippen LogP contribution in [0.2, 0.25) is 0 Å². The molecule has 3 aliphatic carbocycles. The summed E-state index contributed by atoms with van der Waals surface area (Å²) < 4.78 is 20.0. The molecule has 1 saturated carbocycles. The van der Waals surface area contributed by atoms with Gasteiger partial charge in [0.05, 0.1) is 36.9 Å². The second-order valence-electron chi connectivity index (χ2n) is 19.0. The summed E-state index contributed by atoms with van der Waals surface area (Å²) in [7, 11) is 5.22. The number of nitrogens with zero attached hydrogens (tertiary/aromatic N) is 1. The molecule has 354 valence electrons. The first-order valence-electron chi connectivity index (χ1n) is 23.1. The fourth-order valence-electron chi connectivity index (χ4n) is 12.2. The smallest absolute Gasteiger partial charge is 0.339 e. The van der Waals surface area contributed by atoms with Gasteiger partial charge < -0.3 is 55.6 Å². The number of hydrogen-bond donors (Lipinski definition) is 7. The molecular weight excluding hydrogens is 885 g/mol. The molecule has 0 radical (unpaired) electrons. The van der Waals surface area contributed by atoms with Gasteiger partial charge in [0.2, 0.25) is 5.91 Å². The van der Waals surface area contributed by atoms with Crippen molar-refractivity contribution in [1.82, 2.24) is 15.5 Å². The summed E-state index contributed by atoms with van der Waals surface area (Å²) in [5.41, 5.74) is 7.08. The van der Waals surface area contributed by atoms with Crippen molar-refractivity contribution in [2.75, 3.05) is 45.8 Å². The maximum Gasteiger partial charge on any atom is 0.339 e. The van der Waals surface area contributed by atoms with Gasteiger partial charge in [-0.3, -0.25) is 9.59 Å². The van der Waals surface area contributed by atoms with Gasteiger partial charge in [-0.25, -0.2) is 9.59 Å². The Hall–Kier alpha value is -4.36. The number of carbonyl (C=O) groups excluding carboxylic acids is 3. The number of rotatable bonds is 12. The molecule has 1 spiro atoms. The van der Waals surface area contributed by atoms with E-state index in [0.717, 1.165) is 22.3 Å². The first kappa shape index (κ1) is 46.7. The van der Waals surface area contributed by atoms with E-state index in [1.165, 1.54) is 0 Å². The van der Waals surface area contributed by atoms with Crippen molar-refractivity contribution >= 4 is 50.2 Å². The molecule has 15 nitrogen and oxygen atoms in total. The highest BCUT2D eigenvalue weighted by Gasteiger charge is 2.68. The highest BCUT2D eigenvalue weighted by atomic mass is 33.1. The highest BCUT2D eigenvalue weighted by molar-refractivity contribution is 8.77. The molecule has 8 N–H and O–H groups in total. The van der Waals surface area contributed by atoms with E-state index >= 15 is 0 Å². The highest BCUT2D eigenvalue weighted by Crippen LogP contribution is 2.60. The number of nitrogens with one attached hydrogen (secondary N) is 2. The minimum atomic E-state index is -1.59. The summed E-state index contributed by atoms with van der Waals surface area (Å²) in [5.74, 6) is -1.33. The van der Waals surface area contributed by atoms with E-state index in [1.54, 1.807) is 59.7 Å².